The summed E-state index contributed by atoms with van der Waals surface area (Å²) in [7, 11) is 1.30. The summed E-state index contributed by atoms with van der Waals surface area (Å²) < 4.78 is 5.07. The SMILES string of the molecule is COC(=O)Cc1c(O)cncc1Br. The maximum absolute atomic E-state index is 10.9. The lowest BCUT2D eigenvalue weighted by molar-refractivity contribution is -0.139. The van der Waals surface area contributed by atoms with Gasteiger partial charge < -0.3 is 9.84 Å². The van der Waals surface area contributed by atoms with Crippen molar-refractivity contribution < 1.29 is 14.6 Å². The van der Waals surface area contributed by atoms with Crippen molar-refractivity contribution in [3.63, 3.8) is 0 Å². The number of carbonyl (C=O) groups excluding carboxylic acids is 1. The third-order valence-corrected chi connectivity index (χ3v) is 2.21. The fourth-order valence-corrected chi connectivity index (χ4v) is 1.30. The highest BCUT2D eigenvalue weighted by Crippen LogP contribution is 2.24. The second kappa shape index (κ2) is 4.23. The van der Waals surface area contributed by atoms with Crippen molar-refractivity contribution in [1.29, 1.82) is 0 Å². The van der Waals surface area contributed by atoms with E-state index in [0.717, 1.165) is 0 Å². The van der Waals surface area contributed by atoms with Gasteiger partial charge in [-0.1, -0.05) is 0 Å². The number of aromatic nitrogens is 1. The average molecular weight is 246 g/mol. The molecule has 0 saturated carbocycles. The van der Waals surface area contributed by atoms with E-state index in [-0.39, 0.29) is 12.2 Å². The van der Waals surface area contributed by atoms with Gasteiger partial charge in [0.15, 0.2) is 0 Å². The van der Waals surface area contributed by atoms with E-state index in [1.165, 1.54) is 19.5 Å². The van der Waals surface area contributed by atoms with E-state index in [1.807, 2.05) is 0 Å². The van der Waals surface area contributed by atoms with Crippen LogP contribution < -0.4 is 0 Å². The fraction of sp³-hybridized carbons (Fsp3) is 0.250. The van der Waals surface area contributed by atoms with Crippen molar-refractivity contribution in [3.8, 4) is 5.75 Å². The largest absolute Gasteiger partial charge is 0.506 e. The van der Waals surface area contributed by atoms with Crippen molar-refractivity contribution in [2.45, 2.75) is 6.42 Å². The zero-order valence-corrected chi connectivity index (χ0v) is 8.54. The van der Waals surface area contributed by atoms with Crippen LogP contribution in [0.15, 0.2) is 16.9 Å². The van der Waals surface area contributed by atoms with Gasteiger partial charge in [-0.15, -0.1) is 0 Å². The van der Waals surface area contributed by atoms with E-state index in [9.17, 15) is 9.90 Å². The molecule has 1 rings (SSSR count). The molecule has 4 nitrogen and oxygen atoms in total. The van der Waals surface area contributed by atoms with Gasteiger partial charge in [0, 0.05) is 16.2 Å². The number of pyridine rings is 1. The highest BCUT2D eigenvalue weighted by Gasteiger charge is 2.11. The molecule has 0 atom stereocenters. The lowest BCUT2D eigenvalue weighted by atomic mass is 10.2. The van der Waals surface area contributed by atoms with E-state index in [4.69, 9.17) is 0 Å². The van der Waals surface area contributed by atoms with Crippen LogP contribution in [0.1, 0.15) is 5.56 Å². The van der Waals surface area contributed by atoms with Crippen molar-refractivity contribution in [1.82, 2.24) is 4.98 Å². The number of esters is 1. The molecular formula is C8H8BrNO3. The molecule has 13 heavy (non-hydrogen) atoms. The normalized spacial score (nSPS) is 9.69. The summed E-state index contributed by atoms with van der Waals surface area (Å²) >= 11 is 3.17. The lowest BCUT2D eigenvalue weighted by Gasteiger charge is -2.04. The van der Waals surface area contributed by atoms with Crippen LogP contribution in [0.3, 0.4) is 0 Å². The maximum Gasteiger partial charge on any atom is 0.310 e. The number of carbonyl (C=O) groups is 1. The molecule has 0 saturated heterocycles. The molecule has 0 aliphatic carbocycles. The van der Waals surface area contributed by atoms with Gasteiger partial charge in [-0.05, 0) is 15.9 Å². The molecule has 0 aromatic carbocycles. The summed E-state index contributed by atoms with van der Waals surface area (Å²) in [5, 5.41) is 9.34. The Morgan fingerprint density at radius 1 is 1.69 bits per heavy atom. The number of ether oxygens (including phenoxy) is 1. The molecule has 0 fully saturated rings. The van der Waals surface area contributed by atoms with Gasteiger partial charge in [-0.2, -0.15) is 0 Å². The monoisotopic (exact) mass is 245 g/mol. The summed E-state index contributed by atoms with van der Waals surface area (Å²) in [5.74, 6) is -0.415. The average Bonchev–Trinajstić information content (AvgIpc) is 2.11. The number of methoxy groups -OCH3 is 1. The van der Waals surface area contributed by atoms with E-state index in [1.54, 1.807) is 0 Å². The molecule has 5 heteroatoms. The number of halogens is 1. The minimum Gasteiger partial charge on any atom is -0.506 e. The summed E-state index contributed by atoms with van der Waals surface area (Å²) in [6.07, 6.45) is 2.83. The van der Waals surface area contributed by atoms with E-state index < -0.39 is 5.97 Å². The van der Waals surface area contributed by atoms with Crippen LogP contribution in [0.4, 0.5) is 0 Å². The van der Waals surface area contributed by atoms with Gasteiger partial charge in [-0.3, -0.25) is 9.78 Å². The van der Waals surface area contributed by atoms with Crippen LogP contribution in [0, 0.1) is 0 Å². The van der Waals surface area contributed by atoms with Crippen LogP contribution in [0.2, 0.25) is 0 Å². The van der Waals surface area contributed by atoms with Crippen molar-refractivity contribution >= 4 is 21.9 Å². The minimum atomic E-state index is -0.401. The molecule has 0 aliphatic heterocycles. The van der Waals surface area contributed by atoms with Crippen LogP contribution in [-0.2, 0) is 16.0 Å². The first kappa shape index (κ1) is 9.98. The molecule has 70 valence electrons. The van der Waals surface area contributed by atoms with Crippen molar-refractivity contribution in [3.05, 3.63) is 22.4 Å². The molecule has 0 unspecified atom stereocenters. The second-order valence-electron chi connectivity index (χ2n) is 2.37. The van der Waals surface area contributed by atoms with Gasteiger partial charge in [0.1, 0.15) is 5.75 Å². The van der Waals surface area contributed by atoms with Crippen molar-refractivity contribution in [2.24, 2.45) is 0 Å². The predicted octanol–water partition coefficient (Wildman–Crippen LogP) is 1.27. The van der Waals surface area contributed by atoms with Gasteiger partial charge in [0.25, 0.3) is 0 Å². The van der Waals surface area contributed by atoms with Gasteiger partial charge in [0.05, 0.1) is 19.7 Å². The summed E-state index contributed by atoms with van der Waals surface area (Å²) in [5.41, 5.74) is 0.488. The van der Waals surface area contributed by atoms with Crippen LogP contribution in [0.5, 0.6) is 5.75 Å². The van der Waals surface area contributed by atoms with E-state index >= 15 is 0 Å². The van der Waals surface area contributed by atoms with E-state index in [0.29, 0.717) is 10.0 Å². The number of hydrogen-bond acceptors (Lipinski definition) is 4. The first-order chi connectivity index (χ1) is 6.15. The van der Waals surface area contributed by atoms with Crippen LogP contribution >= 0.6 is 15.9 Å². The summed E-state index contributed by atoms with van der Waals surface area (Å²) in [4.78, 5) is 14.6. The molecule has 1 aromatic rings. The smallest absolute Gasteiger partial charge is 0.310 e. The molecule has 0 aliphatic rings. The number of nitrogens with zero attached hydrogens (tertiary/aromatic N) is 1. The molecule has 1 N–H and O–H groups in total. The van der Waals surface area contributed by atoms with Gasteiger partial charge in [-0.25, -0.2) is 0 Å². The Labute approximate surface area is 83.7 Å². The summed E-state index contributed by atoms with van der Waals surface area (Å²) in [6, 6.07) is 0. The third-order valence-electron chi connectivity index (χ3n) is 1.53. The number of aromatic hydroxyl groups is 1. The fourth-order valence-electron chi connectivity index (χ4n) is 0.843. The Hall–Kier alpha value is -1.10. The first-order valence-electron chi connectivity index (χ1n) is 3.53. The van der Waals surface area contributed by atoms with Crippen molar-refractivity contribution in [2.75, 3.05) is 7.11 Å². The number of rotatable bonds is 2. The summed E-state index contributed by atoms with van der Waals surface area (Å²) in [6.45, 7) is 0. The van der Waals surface area contributed by atoms with E-state index in [2.05, 4.69) is 25.7 Å². The molecule has 0 radical (unpaired) electrons. The van der Waals surface area contributed by atoms with Crippen LogP contribution in [0.25, 0.3) is 0 Å². The second-order valence-corrected chi connectivity index (χ2v) is 3.23. The Morgan fingerprint density at radius 3 is 2.92 bits per heavy atom. The molecule has 1 aromatic heterocycles. The Balaban J connectivity index is 2.93. The Bertz CT molecular complexity index is 307. The predicted molar refractivity (Wildman–Crippen MR) is 49.3 cm³/mol. The lowest BCUT2D eigenvalue weighted by Crippen LogP contribution is -2.05. The molecular weight excluding hydrogens is 238 g/mol. The number of hydrogen-bond donors (Lipinski definition) is 1. The molecule has 0 amide bonds. The zero-order valence-electron chi connectivity index (χ0n) is 6.95. The topological polar surface area (TPSA) is 59.4 Å². The zero-order chi connectivity index (χ0) is 9.84. The molecule has 0 spiro atoms. The highest BCUT2D eigenvalue weighted by atomic mass is 79.9. The molecule has 0 bridgehead atoms. The van der Waals surface area contributed by atoms with Crippen LogP contribution in [-0.4, -0.2) is 23.2 Å². The van der Waals surface area contributed by atoms with Gasteiger partial charge in [0.2, 0.25) is 0 Å². The Kier molecular flexibility index (Phi) is 3.25. The maximum atomic E-state index is 10.9. The minimum absolute atomic E-state index is 0.0141. The van der Waals surface area contributed by atoms with Gasteiger partial charge >= 0.3 is 5.97 Å². The quantitative estimate of drug-likeness (QED) is 0.798. The Morgan fingerprint density at radius 2 is 2.38 bits per heavy atom. The molecule has 1 heterocycles. The standard InChI is InChI=1S/C8H8BrNO3/c1-13-8(12)2-5-6(9)3-10-4-7(5)11/h3-4,11H,2H2,1H3. The third kappa shape index (κ3) is 2.42. The first-order valence-corrected chi connectivity index (χ1v) is 4.32. The highest BCUT2D eigenvalue weighted by molar-refractivity contribution is 9.10.